The molecule has 3 aromatic rings. The highest BCUT2D eigenvalue weighted by molar-refractivity contribution is 7.71. The first kappa shape index (κ1) is 16.4. The third-order valence-electron chi connectivity index (χ3n) is 4.34. The van der Waals surface area contributed by atoms with E-state index >= 15 is 0 Å². The molecule has 1 aliphatic rings. The van der Waals surface area contributed by atoms with Crippen LogP contribution in [0.4, 0.5) is 11.5 Å². The van der Waals surface area contributed by atoms with Crippen molar-refractivity contribution < 1.29 is 4.79 Å². The van der Waals surface area contributed by atoms with E-state index in [0.717, 1.165) is 35.7 Å². The highest BCUT2D eigenvalue weighted by Gasteiger charge is 2.19. The molecule has 0 bridgehead atoms. The Morgan fingerprint density at radius 3 is 2.88 bits per heavy atom. The van der Waals surface area contributed by atoms with E-state index in [-0.39, 0.29) is 5.91 Å². The summed E-state index contributed by atoms with van der Waals surface area (Å²) in [5.41, 5.74) is 3.57. The van der Waals surface area contributed by atoms with Crippen LogP contribution in [0.25, 0.3) is 0 Å². The van der Waals surface area contributed by atoms with E-state index < -0.39 is 0 Å². The Bertz CT molecular complexity index is 1000. The van der Waals surface area contributed by atoms with Gasteiger partial charge in [0, 0.05) is 54.4 Å². The second-order valence-electron chi connectivity index (χ2n) is 6.09. The predicted octanol–water partition coefficient (Wildman–Crippen LogP) is 3.35. The molecular weight excluding hydrogens is 346 g/mol. The lowest BCUT2D eigenvalue weighted by atomic mass is 10.1. The van der Waals surface area contributed by atoms with Gasteiger partial charge in [0.15, 0.2) is 4.77 Å². The minimum absolute atomic E-state index is 0.150. The quantitative estimate of drug-likeness (QED) is 0.698. The Morgan fingerprint density at radius 2 is 2.04 bits per heavy atom. The van der Waals surface area contributed by atoms with Crippen LogP contribution in [0.1, 0.15) is 21.6 Å². The zero-order valence-electron chi connectivity index (χ0n) is 14.0. The summed E-state index contributed by atoms with van der Waals surface area (Å²) in [5, 5.41) is 2.90. The van der Waals surface area contributed by atoms with Gasteiger partial charge < -0.3 is 15.2 Å². The topological polar surface area (TPSA) is 73.9 Å². The fourth-order valence-electron chi connectivity index (χ4n) is 3.00. The van der Waals surface area contributed by atoms with Gasteiger partial charge in [0.1, 0.15) is 5.82 Å². The van der Waals surface area contributed by atoms with E-state index in [4.69, 9.17) is 12.2 Å². The summed E-state index contributed by atoms with van der Waals surface area (Å²) < 4.78 is 0.509. The number of nitrogens with one attached hydrogen (secondary N) is 2. The van der Waals surface area contributed by atoms with E-state index in [0.29, 0.717) is 16.9 Å². The maximum Gasteiger partial charge on any atom is 0.255 e. The second-order valence-corrected chi connectivity index (χ2v) is 6.47. The fourth-order valence-corrected chi connectivity index (χ4v) is 3.18. The number of pyridine rings is 1. The Labute approximate surface area is 155 Å². The molecule has 6 nitrogen and oxygen atoms in total. The van der Waals surface area contributed by atoms with Crippen molar-refractivity contribution in [3.63, 3.8) is 0 Å². The lowest BCUT2D eigenvalue weighted by Gasteiger charge is -2.29. The van der Waals surface area contributed by atoms with E-state index in [1.54, 1.807) is 12.3 Å². The van der Waals surface area contributed by atoms with Gasteiger partial charge >= 0.3 is 0 Å². The molecule has 0 saturated heterocycles. The molecule has 7 heteroatoms. The zero-order valence-corrected chi connectivity index (χ0v) is 14.8. The standard InChI is InChI=1S/C19H17N5OS/c25-18(22-15-4-2-1-3-5-15)13-6-8-20-17(10-13)24-9-7-16-14(12-24)11-21-19(26)23-16/h1-6,8,10-11H,7,9,12H2,(H,22,25)(H,21,23,26). The Balaban J connectivity index is 1.53. The molecule has 26 heavy (non-hydrogen) atoms. The molecule has 2 aromatic heterocycles. The van der Waals surface area contributed by atoms with Gasteiger partial charge in [0.25, 0.3) is 5.91 Å². The van der Waals surface area contributed by atoms with E-state index in [1.807, 2.05) is 42.6 Å². The van der Waals surface area contributed by atoms with Crippen LogP contribution in [0.15, 0.2) is 54.9 Å². The van der Waals surface area contributed by atoms with Crippen LogP contribution in [-0.4, -0.2) is 27.4 Å². The Kier molecular flexibility index (Phi) is 4.45. The van der Waals surface area contributed by atoms with Crippen molar-refractivity contribution in [1.82, 2.24) is 15.0 Å². The number of nitrogens with zero attached hydrogens (tertiary/aromatic N) is 3. The number of hydrogen-bond acceptors (Lipinski definition) is 5. The van der Waals surface area contributed by atoms with Gasteiger partial charge in [0.05, 0.1) is 0 Å². The molecule has 0 spiro atoms. The van der Waals surface area contributed by atoms with Crippen LogP contribution in [0, 0.1) is 4.77 Å². The van der Waals surface area contributed by atoms with Crippen LogP contribution in [0.2, 0.25) is 0 Å². The average molecular weight is 363 g/mol. The monoisotopic (exact) mass is 363 g/mol. The lowest BCUT2D eigenvalue weighted by molar-refractivity contribution is 0.102. The summed E-state index contributed by atoms with van der Waals surface area (Å²) in [6.45, 7) is 1.49. The average Bonchev–Trinajstić information content (AvgIpc) is 2.68. The summed E-state index contributed by atoms with van der Waals surface area (Å²) in [6.07, 6.45) is 4.32. The summed E-state index contributed by atoms with van der Waals surface area (Å²) >= 11 is 5.08. The molecule has 4 rings (SSSR count). The molecule has 130 valence electrons. The summed E-state index contributed by atoms with van der Waals surface area (Å²) in [4.78, 5) is 26.4. The fraction of sp³-hybridized carbons (Fsp3) is 0.158. The number of hydrogen-bond donors (Lipinski definition) is 2. The third-order valence-corrected chi connectivity index (χ3v) is 4.55. The highest BCUT2D eigenvalue weighted by atomic mass is 32.1. The first-order chi connectivity index (χ1) is 12.7. The van der Waals surface area contributed by atoms with Crippen LogP contribution in [0.5, 0.6) is 0 Å². The zero-order chi connectivity index (χ0) is 17.9. The highest BCUT2D eigenvalue weighted by Crippen LogP contribution is 2.22. The molecule has 1 amide bonds. The molecule has 0 saturated carbocycles. The number of H-pyrrole nitrogens is 1. The SMILES string of the molecule is O=C(Nc1ccccc1)c1ccnc(N2CCc3[nH]c(=S)ncc3C2)c1. The molecule has 0 atom stereocenters. The third kappa shape index (κ3) is 3.48. The number of fused-ring (bicyclic) bond motifs is 1. The number of carbonyl (C=O) groups is 1. The van der Waals surface area contributed by atoms with Gasteiger partial charge in [-0.1, -0.05) is 18.2 Å². The molecule has 0 unspecified atom stereocenters. The van der Waals surface area contributed by atoms with Gasteiger partial charge in [-0.15, -0.1) is 0 Å². The van der Waals surface area contributed by atoms with Crippen molar-refractivity contribution in [1.29, 1.82) is 0 Å². The van der Waals surface area contributed by atoms with Crippen molar-refractivity contribution in [3.8, 4) is 0 Å². The van der Waals surface area contributed by atoms with Crippen molar-refractivity contribution >= 4 is 29.6 Å². The maximum atomic E-state index is 12.5. The Morgan fingerprint density at radius 1 is 1.19 bits per heavy atom. The van der Waals surface area contributed by atoms with Crippen molar-refractivity contribution in [2.24, 2.45) is 0 Å². The molecule has 2 N–H and O–H groups in total. The van der Waals surface area contributed by atoms with Gasteiger partial charge in [-0.2, -0.15) is 0 Å². The summed E-state index contributed by atoms with van der Waals surface area (Å²) in [6, 6.07) is 12.9. The van der Waals surface area contributed by atoms with E-state index in [2.05, 4.69) is 25.2 Å². The van der Waals surface area contributed by atoms with Crippen molar-refractivity contribution in [3.05, 3.63) is 76.5 Å². The smallest absolute Gasteiger partial charge is 0.255 e. The number of rotatable bonds is 3. The minimum Gasteiger partial charge on any atom is -0.352 e. The number of carbonyl (C=O) groups excluding carboxylic acids is 1. The number of benzene rings is 1. The molecule has 0 fully saturated rings. The summed E-state index contributed by atoms with van der Waals surface area (Å²) in [5.74, 6) is 0.627. The van der Waals surface area contributed by atoms with Gasteiger partial charge in [-0.05, 0) is 36.5 Å². The lowest BCUT2D eigenvalue weighted by Crippen LogP contribution is -2.32. The van der Waals surface area contributed by atoms with Gasteiger partial charge in [-0.3, -0.25) is 4.79 Å². The molecule has 3 heterocycles. The number of para-hydroxylation sites is 1. The molecule has 0 aliphatic carbocycles. The molecule has 0 radical (unpaired) electrons. The number of anilines is 2. The summed E-state index contributed by atoms with van der Waals surface area (Å²) in [7, 11) is 0. The van der Waals surface area contributed by atoms with Gasteiger partial charge in [-0.25, -0.2) is 9.97 Å². The minimum atomic E-state index is -0.150. The van der Waals surface area contributed by atoms with Crippen LogP contribution in [-0.2, 0) is 13.0 Å². The number of aromatic nitrogens is 3. The molecular formula is C19H17N5OS. The largest absolute Gasteiger partial charge is 0.352 e. The first-order valence-corrected chi connectivity index (χ1v) is 8.74. The normalized spacial score (nSPS) is 13.2. The van der Waals surface area contributed by atoms with Crippen molar-refractivity contribution in [2.45, 2.75) is 13.0 Å². The van der Waals surface area contributed by atoms with Crippen LogP contribution in [0.3, 0.4) is 0 Å². The van der Waals surface area contributed by atoms with Crippen molar-refractivity contribution in [2.75, 3.05) is 16.8 Å². The Hall–Kier alpha value is -3.06. The molecule has 1 aromatic carbocycles. The van der Waals surface area contributed by atoms with E-state index in [9.17, 15) is 4.79 Å². The first-order valence-electron chi connectivity index (χ1n) is 8.33. The number of amides is 1. The van der Waals surface area contributed by atoms with Crippen LogP contribution < -0.4 is 10.2 Å². The van der Waals surface area contributed by atoms with Crippen LogP contribution >= 0.6 is 12.2 Å². The predicted molar refractivity (Wildman–Crippen MR) is 103 cm³/mol. The second kappa shape index (κ2) is 7.05. The molecule has 1 aliphatic heterocycles. The van der Waals surface area contributed by atoms with Gasteiger partial charge in [0.2, 0.25) is 0 Å². The number of aromatic amines is 1. The van der Waals surface area contributed by atoms with E-state index in [1.165, 1.54) is 0 Å². The maximum absolute atomic E-state index is 12.5.